The molecule has 0 fully saturated rings. The van der Waals surface area contributed by atoms with Crippen LogP contribution in [0, 0.1) is 3.57 Å². The third kappa shape index (κ3) is 3.09. The largest absolute Gasteiger partial charge is 0.406 e. The maximum absolute atomic E-state index is 12.6. The van der Waals surface area contributed by atoms with Crippen LogP contribution in [0.15, 0.2) is 18.2 Å². The Labute approximate surface area is 120 Å². The molecule has 2 aromatic rings. The fourth-order valence-corrected chi connectivity index (χ4v) is 2.43. The Hall–Kier alpha value is -0.500. The van der Waals surface area contributed by atoms with Crippen molar-refractivity contribution in [2.75, 3.05) is 5.88 Å². The Bertz CT molecular complexity index is 565. The zero-order valence-electron chi connectivity index (χ0n) is 9.14. The zero-order chi connectivity index (χ0) is 13.3. The van der Waals surface area contributed by atoms with Crippen LogP contribution in [0.25, 0.3) is 11.0 Å². The predicted octanol–water partition coefficient (Wildman–Crippen LogP) is 3.98. The number of hydrogen-bond acceptors (Lipinski definition) is 1. The van der Waals surface area contributed by atoms with Gasteiger partial charge >= 0.3 is 6.18 Å². The van der Waals surface area contributed by atoms with Gasteiger partial charge in [0.15, 0.2) is 0 Å². The smallest absolute Gasteiger partial charge is 0.319 e. The van der Waals surface area contributed by atoms with Gasteiger partial charge in [0.1, 0.15) is 12.4 Å². The molecule has 0 N–H and O–H groups in total. The number of nitrogens with zero attached hydrogens (tertiary/aromatic N) is 2. The van der Waals surface area contributed by atoms with Gasteiger partial charge in [-0.25, -0.2) is 4.98 Å². The number of benzene rings is 1. The van der Waals surface area contributed by atoms with E-state index in [0.29, 0.717) is 23.3 Å². The van der Waals surface area contributed by atoms with Crippen LogP contribution in [0.2, 0.25) is 0 Å². The summed E-state index contributed by atoms with van der Waals surface area (Å²) in [5.74, 6) is 0.623. The lowest BCUT2D eigenvalue weighted by Gasteiger charge is -2.11. The number of halogens is 5. The lowest BCUT2D eigenvalue weighted by molar-refractivity contribution is -0.140. The molecule has 0 amide bonds. The molecule has 0 aliphatic heterocycles. The molecule has 0 aliphatic rings. The molecule has 1 heterocycles. The Morgan fingerprint density at radius 2 is 2.06 bits per heavy atom. The normalized spacial score (nSPS) is 12.3. The molecule has 0 saturated carbocycles. The predicted molar refractivity (Wildman–Crippen MR) is 72.9 cm³/mol. The van der Waals surface area contributed by atoms with Gasteiger partial charge in [0.25, 0.3) is 0 Å². The first-order valence-corrected chi connectivity index (χ1v) is 6.79. The highest BCUT2D eigenvalue weighted by Gasteiger charge is 2.30. The van der Waals surface area contributed by atoms with Crippen LogP contribution in [0.3, 0.4) is 0 Å². The maximum atomic E-state index is 12.6. The van der Waals surface area contributed by atoms with Gasteiger partial charge in [0.05, 0.1) is 11.0 Å². The molecule has 2 rings (SSSR count). The first-order valence-electron chi connectivity index (χ1n) is 5.18. The number of aryl methyl sites for hydroxylation is 1. The van der Waals surface area contributed by atoms with Crippen LogP contribution >= 0.6 is 34.2 Å². The monoisotopic (exact) mass is 388 g/mol. The summed E-state index contributed by atoms with van der Waals surface area (Å²) in [6.07, 6.45) is -3.94. The van der Waals surface area contributed by atoms with E-state index in [2.05, 4.69) is 27.6 Å². The molecule has 7 heteroatoms. The minimum Gasteiger partial charge on any atom is -0.319 e. The first kappa shape index (κ1) is 13.9. The average Bonchev–Trinajstić information content (AvgIpc) is 2.54. The van der Waals surface area contributed by atoms with Crippen LogP contribution < -0.4 is 0 Å². The molecule has 0 radical (unpaired) electrons. The lowest BCUT2D eigenvalue weighted by Crippen LogP contribution is -2.19. The first-order chi connectivity index (χ1) is 8.40. The molecule has 98 valence electrons. The molecule has 0 atom stereocenters. The van der Waals surface area contributed by atoms with Gasteiger partial charge in [-0.3, -0.25) is 0 Å². The van der Waals surface area contributed by atoms with Crippen molar-refractivity contribution in [1.29, 1.82) is 0 Å². The fourth-order valence-electron chi connectivity index (χ4n) is 1.78. The minimum atomic E-state index is -4.27. The Morgan fingerprint density at radius 1 is 1.33 bits per heavy atom. The van der Waals surface area contributed by atoms with Gasteiger partial charge in [-0.1, -0.05) is 0 Å². The van der Waals surface area contributed by atoms with Crippen LogP contribution in [0.1, 0.15) is 5.82 Å². The highest BCUT2D eigenvalue weighted by Crippen LogP contribution is 2.25. The number of rotatable bonds is 3. The van der Waals surface area contributed by atoms with E-state index in [1.54, 1.807) is 18.2 Å². The van der Waals surface area contributed by atoms with E-state index in [9.17, 15) is 13.2 Å². The van der Waals surface area contributed by atoms with Crippen LogP contribution in [0.4, 0.5) is 13.2 Å². The van der Waals surface area contributed by atoms with Gasteiger partial charge in [-0.15, -0.1) is 11.6 Å². The zero-order valence-corrected chi connectivity index (χ0v) is 12.1. The standard InChI is InChI=1S/C11H9ClF3IN2/c12-4-3-10-17-8-5-7(16)1-2-9(8)18(10)6-11(13,14)15/h1-2,5H,3-4,6H2. The molecule has 2 nitrogen and oxygen atoms in total. The molecule has 18 heavy (non-hydrogen) atoms. The molecular formula is C11H9ClF3IN2. The topological polar surface area (TPSA) is 17.8 Å². The average molecular weight is 389 g/mol. The van der Waals surface area contributed by atoms with E-state index in [1.165, 1.54) is 4.57 Å². The van der Waals surface area contributed by atoms with Crippen LogP contribution in [0.5, 0.6) is 0 Å². The van der Waals surface area contributed by atoms with Gasteiger partial charge in [-0.2, -0.15) is 13.2 Å². The molecular weight excluding hydrogens is 379 g/mol. The summed E-state index contributed by atoms with van der Waals surface area (Å²) in [5, 5.41) is 0. The number of imidazole rings is 1. The number of hydrogen-bond donors (Lipinski definition) is 0. The van der Waals surface area contributed by atoms with Crippen LogP contribution in [-0.2, 0) is 13.0 Å². The summed E-state index contributed by atoms with van der Waals surface area (Å²) >= 11 is 7.70. The quantitative estimate of drug-likeness (QED) is 0.574. The molecule has 0 aliphatic carbocycles. The van der Waals surface area contributed by atoms with Crippen molar-refractivity contribution < 1.29 is 13.2 Å². The van der Waals surface area contributed by atoms with Crippen molar-refractivity contribution in [3.63, 3.8) is 0 Å². The van der Waals surface area contributed by atoms with Crippen molar-refractivity contribution in [2.24, 2.45) is 0 Å². The summed E-state index contributed by atoms with van der Waals surface area (Å²) < 4.78 is 39.8. The maximum Gasteiger partial charge on any atom is 0.406 e. The second-order valence-corrected chi connectivity index (χ2v) is 5.42. The molecule has 0 saturated heterocycles. The van der Waals surface area contributed by atoms with Gasteiger partial charge < -0.3 is 4.57 Å². The van der Waals surface area contributed by atoms with Crippen molar-refractivity contribution in [3.8, 4) is 0 Å². The number of fused-ring (bicyclic) bond motifs is 1. The second-order valence-electron chi connectivity index (χ2n) is 3.80. The van der Waals surface area contributed by atoms with Gasteiger partial charge in [0.2, 0.25) is 0 Å². The molecule has 0 spiro atoms. The highest BCUT2D eigenvalue weighted by molar-refractivity contribution is 14.1. The summed E-state index contributed by atoms with van der Waals surface area (Å²) in [6, 6.07) is 5.19. The van der Waals surface area contributed by atoms with E-state index in [4.69, 9.17) is 11.6 Å². The van der Waals surface area contributed by atoms with Gasteiger partial charge in [0, 0.05) is 15.9 Å². The summed E-state index contributed by atoms with van der Waals surface area (Å²) in [4.78, 5) is 4.22. The van der Waals surface area contributed by atoms with E-state index >= 15 is 0 Å². The van der Waals surface area contributed by atoms with Gasteiger partial charge in [-0.05, 0) is 40.8 Å². The summed E-state index contributed by atoms with van der Waals surface area (Å²) in [6.45, 7) is -1.03. The Morgan fingerprint density at radius 3 is 2.67 bits per heavy atom. The van der Waals surface area contributed by atoms with Crippen molar-refractivity contribution >= 4 is 45.2 Å². The molecule has 0 unspecified atom stereocenters. The number of alkyl halides is 4. The van der Waals surface area contributed by atoms with Crippen molar-refractivity contribution in [1.82, 2.24) is 9.55 Å². The SMILES string of the molecule is FC(F)(F)Cn1c(CCCl)nc2cc(I)ccc21. The Balaban J connectivity index is 2.55. The summed E-state index contributed by atoms with van der Waals surface area (Å²) in [7, 11) is 0. The molecule has 1 aromatic heterocycles. The van der Waals surface area contributed by atoms with E-state index < -0.39 is 12.7 Å². The molecule has 0 bridgehead atoms. The third-order valence-corrected chi connectivity index (χ3v) is 3.30. The van der Waals surface area contributed by atoms with Crippen molar-refractivity contribution in [3.05, 3.63) is 27.6 Å². The van der Waals surface area contributed by atoms with E-state index in [0.717, 1.165) is 3.57 Å². The lowest BCUT2D eigenvalue weighted by atomic mass is 10.3. The van der Waals surface area contributed by atoms with Crippen molar-refractivity contribution in [2.45, 2.75) is 19.1 Å². The minimum absolute atomic E-state index is 0.248. The number of aromatic nitrogens is 2. The molecule has 1 aromatic carbocycles. The van der Waals surface area contributed by atoms with E-state index in [1.807, 2.05) is 0 Å². The van der Waals surface area contributed by atoms with E-state index in [-0.39, 0.29) is 5.88 Å². The highest BCUT2D eigenvalue weighted by atomic mass is 127. The second kappa shape index (κ2) is 5.24. The van der Waals surface area contributed by atoms with Crippen LogP contribution in [-0.4, -0.2) is 21.6 Å². The summed E-state index contributed by atoms with van der Waals surface area (Å²) in [5.41, 5.74) is 1.07. The fraction of sp³-hybridized carbons (Fsp3) is 0.364. The Kier molecular flexibility index (Phi) is 4.05. The third-order valence-electron chi connectivity index (χ3n) is 2.44.